The number of carbonyl (C=O) groups excluding carboxylic acids is 6. The molecule has 2 saturated heterocycles. The smallest absolute Gasteiger partial charge is 0.424 e. The van der Waals surface area contributed by atoms with E-state index < -0.39 is 70.2 Å². The number of fused-ring (bicyclic) bond motifs is 2. The van der Waals surface area contributed by atoms with Crippen molar-refractivity contribution < 1.29 is 38.2 Å². The Hall–Kier alpha value is -7.72. The lowest BCUT2D eigenvalue weighted by Gasteiger charge is -2.32. The van der Waals surface area contributed by atoms with Gasteiger partial charge in [0.1, 0.15) is 34.9 Å². The highest BCUT2D eigenvalue weighted by molar-refractivity contribution is 6.12. The molecule has 6 amide bonds. The number of nitrogens with zero attached hydrogens (tertiary/aromatic N) is 6. The van der Waals surface area contributed by atoms with Gasteiger partial charge >= 0.3 is 12.2 Å². The summed E-state index contributed by atoms with van der Waals surface area (Å²) in [6.07, 6.45) is -2.56. The molecule has 64 heavy (non-hydrogen) atoms. The molecule has 16 nitrogen and oxygen atoms in total. The quantitative estimate of drug-likeness (QED) is 0.154. The van der Waals surface area contributed by atoms with Gasteiger partial charge in [-0.1, -0.05) is 35.8 Å². The molecule has 2 atom stereocenters. The van der Waals surface area contributed by atoms with Crippen LogP contribution in [0.5, 0.6) is 0 Å². The summed E-state index contributed by atoms with van der Waals surface area (Å²) in [5, 5.41) is 0.328. The van der Waals surface area contributed by atoms with Crippen molar-refractivity contribution in [2.24, 2.45) is 0 Å². The summed E-state index contributed by atoms with van der Waals surface area (Å²) in [7, 11) is 0. The molecule has 2 unspecified atom stereocenters. The second-order valence-corrected chi connectivity index (χ2v) is 17.3. The maximum Gasteiger partial charge on any atom is 0.424 e. The molecule has 0 radical (unpaired) electrons. The van der Waals surface area contributed by atoms with Gasteiger partial charge in [-0.2, -0.15) is 9.80 Å². The van der Waals surface area contributed by atoms with Crippen LogP contribution in [0.1, 0.15) is 113 Å². The molecule has 2 aliphatic rings. The molecule has 2 aromatic heterocycles. The molecule has 4 heterocycles. The first kappa shape index (κ1) is 44.3. The van der Waals surface area contributed by atoms with E-state index in [4.69, 9.17) is 9.47 Å². The Morgan fingerprint density at radius 2 is 0.922 bits per heavy atom. The molecule has 7 rings (SSSR count). The standard InChI is InChI=1S/C48H44N6O10/c1-27-49-33-13-9-11-31(39(33)43(59)51(27)35-23-25-37(55)53(41(35)57)45(61)63-47(3,4)5)21-19-29-15-17-30(18-16-29)20-22-32-12-10-14-34-40(32)44(60)52(28(2)50-34)36-24-26-38(56)54(42(36)58)46(62)64-48(6,7)8/h9-18,35-36H,23-26H2,1-8H3. The van der Waals surface area contributed by atoms with Gasteiger partial charge in [0.15, 0.2) is 0 Å². The van der Waals surface area contributed by atoms with Crippen LogP contribution in [-0.4, -0.2) is 75.9 Å². The topological polar surface area (TPSA) is 197 Å². The zero-order valence-electron chi connectivity index (χ0n) is 36.5. The Bertz CT molecular complexity index is 2880. The largest absolute Gasteiger partial charge is 0.443 e. The van der Waals surface area contributed by atoms with E-state index in [1.165, 1.54) is 9.13 Å². The molecule has 2 fully saturated rings. The van der Waals surface area contributed by atoms with E-state index in [1.807, 2.05) is 0 Å². The van der Waals surface area contributed by atoms with E-state index in [0.29, 0.717) is 43.1 Å². The van der Waals surface area contributed by atoms with E-state index >= 15 is 0 Å². The highest BCUT2D eigenvalue weighted by Gasteiger charge is 2.44. The highest BCUT2D eigenvalue weighted by Crippen LogP contribution is 2.29. The highest BCUT2D eigenvalue weighted by atomic mass is 16.6. The van der Waals surface area contributed by atoms with Crippen LogP contribution in [0.2, 0.25) is 0 Å². The van der Waals surface area contributed by atoms with Gasteiger partial charge in [0.05, 0.1) is 21.8 Å². The van der Waals surface area contributed by atoms with Crippen molar-refractivity contribution in [1.82, 2.24) is 28.9 Å². The van der Waals surface area contributed by atoms with Gasteiger partial charge < -0.3 is 9.47 Å². The third-order valence-corrected chi connectivity index (χ3v) is 10.3. The zero-order chi connectivity index (χ0) is 46.4. The van der Waals surface area contributed by atoms with Crippen LogP contribution >= 0.6 is 0 Å². The SMILES string of the molecule is Cc1nc2cccc(C#Cc3ccc(C#Cc4cccc5nc(C)n(C6CCC(=O)N(C(=O)OC(C)(C)C)C6=O)c(=O)c45)cc3)c2c(=O)n1C1CCC(=O)N(C(=O)OC(C)(C)C)C1=O. The predicted molar refractivity (Wildman–Crippen MR) is 233 cm³/mol. The lowest BCUT2D eigenvalue weighted by atomic mass is 10.0. The number of imide groups is 6. The van der Waals surface area contributed by atoms with E-state index in [0.717, 1.165) is 0 Å². The Morgan fingerprint density at radius 1 is 0.562 bits per heavy atom. The van der Waals surface area contributed by atoms with Gasteiger partial charge in [-0.05, 0) is 117 Å². The number of rotatable bonds is 2. The fraction of sp³-hybridized carbons (Fsp3) is 0.333. The first-order valence-electron chi connectivity index (χ1n) is 20.5. The summed E-state index contributed by atoms with van der Waals surface area (Å²) in [6, 6.07) is 14.6. The van der Waals surface area contributed by atoms with Crippen molar-refractivity contribution in [3.05, 3.63) is 115 Å². The van der Waals surface area contributed by atoms with Gasteiger partial charge in [0.2, 0.25) is 11.8 Å². The summed E-state index contributed by atoms with van der Waals surface area (Å²) in [5.74, 6) is 9.50. The minimum atomic E-state index is -1.18. The number of benzene rings is 3. The Balaban J connectivity index is 1.16. The Kier molecular flexibility index (Phi) is 11.7. The summed E-state index contributed by atoms with van der Waals surface area (Å²) in [5.41, 5.74) is -0.461. The second kappa shape index (κ2) is 16.9. The van der Waals surface area contributed by atoms with Crippen molar-refractivity contribution in [1.29, 1.82) is 0 Å². The molecular weight excluding hydrogens is 821 g/mol. The lowest BCUT2D eigenvalue weighted by Crippen LogP contribution is -2.52. The molecule has 0 bridgehead atoms. The van der Waals surface area contributed by atoms with Gasteiger partial charge in [-0.15, -0.1) is 0 Å². The average molecular weight is 865 g/mol. The fourth-order valence-electron chi connectivity index (χ4n) is 7.58. The number of ether oxygens (including phenoxy) is 2. The third-order valence-electron chi connectivity index (χ3n) is 10.3. The molecule has 0 aliphatic carbocycles. The summed E-state index contributed by atoms with van der Waals surface area (Å²) in [6.45, 7) is 12.8. The first-order chi connectivity index (χ1) is 30.1. The molecule has 2 aliphatic heterocycles. The molecule has 0 saturated carbocycles. The van der Waals surface area contributed by atoms with Gasteiger partial charge in [-0.3, -0.25) is 37.9 Å². The number of aryl methyl sites for hydroxylation is 2. The molecule has 5 aromatic rings. The fourth-order valence-corrected chi connectivity index (χ4v) is 7.58. The molecule has 0 spiro atoms. The first-order valence-corrected chi connectivity index (χ1v) is 20.5. The Labute approximate surface area is 367 Å². The minimum Gasteiger partial charge on any atom is -0.443 e. The number of piperidine rings is 2. The van der Waals surface area contributed by atoms with Crippen molar-refractivity contribution in [2.75, 3.05) is 0 Å². The van der Waals surface area contributed by atoms with Crippen molar-refractivity contribution in [3.63, 3.8) is 0 Å². The normalized spacial score (nSPS) is 16.9. The minimum absolute atomic E-state index is 0.00994. The number of aromatic nitrogens is 4. The summed E-state index contributed by atoms with van der Waals surface area (Å²) in [4.78, 5) is 117. The molecule has 0 N–H and O–H groups in total. The predicted octanol–water partition coefficient (Wildman–Crippen LogP) is 5.77. The van der Waals surface area contributed by atoms with Crippen LogP contribution in [0, 0.1) is 37.5 Å². The lowest BCUT2D eigenvalue weighted by molar-refractivity contribution is -0.151. The van der Waals surface area contributed by atoms with Crippen molar-refractivity contribution >= 4 is 57.6 Å². The van der Waals surface area contributed by atoms with E-state index in [2.05, 4.69) is 33.6 Å². The van der Waals surface area contributed by atoms with Crippen LogP contribution in [0.25, 0.3) is 21.8 Å². The van der Waals surface area contributed by atoms with Crippen molar-refractivity contribution in [3.8, 4) is 23.7 Å². The number of carbonyl (C=O) groups is 6. The number of hydrogen-bond acceptors (Lipinski definition) is 12. The maximum absolute atomic E-state index is 14.2. The van der Waals surface area contributed by atoms with Crippen molar-refractivity contribution in [2.45, 2.75) is 104 Å². The zero-order valence-corrected chi connectivity index (χ0v) is 36.5. The maximum atomic E-state index is 14.2. The summed E-state index contributed by atoms with van der Waals surface area (Å²) >= 11 is 0. The van der Waals surface area contributed by atoms with Crippen LogP contribution < -0.4 is 11.1 Å². The Morgan fingerprint density at radius 3 is 1.27 bits per heavy atom. The molecule has 3 aromatic carbocycles. The summed E-state index contributed by atoms with van der Waals surface area (Å²) < 4.78 is 13.0. The van der Waals surface area contributed by atoms with Gasteiger partial charge in [0.25, 0.3) is 22.9 Å². The van der Waals surface area contributed by atoms with Crippen LogP contribution in [0.15, 0.2) is 70.3 Å². The van der Waals surface area contributed by atoms with E-state index in [-0.39, 0.29) is 48.1 Å². The van der Waals surface area contributed by atoms with E-state index in [9.17, 15) is 38.4 Å². The van der Waals surface area contributed by atoms with E-state index in [1.54, 1.807) is 116 Å². The van der Waals surface area contributed by atoms with Crippen LogP contribution in [0.3, 0.4) is 0 Å². The van der Waals surface area contributed by atoms with Crippen LogP contribution in [0.4, 0.5) is 9.59 Å². The molecular formula is C48H44N6O10. The van der Waals surface area contributed by atoms with Crippen LogP contribution in [-0.2, 0) is 28.7 Å². The molecule has 326 valence electrons. The molecule has 16 heteroatoms. The third kappa shape index (κ3) is 8.81. The van der Waals surface area contributed by atoms with Gasteiger partial charge in [-0.25, -0.2) is 19.6 Å². The number of amides is 6. The van der Waals surface area contributed by atoms with Gasteiger partial charge in [0, 0.05) is 35.1 Å². The second-order valence-electron chi connectivity index (χ2n) is 17.3. The average Bonchev–Trinajstić information content (AvgIpc) is 3.19. The monoisotopic (exact) mass is 864 g/mol. The number of likely N-dealkylation sites (tertiary alicyclic amines) is 2. The number of hydrogen-bond donors (Lipinski definition) is 0.